The molecule has 0 bridgehead atoms. The van der Waals surface area contributed by atoms with Crippen molar-refractivity contribution >= 4 is 6.09 Å². The van der Waals surface area contributed by atoms with Gasteiger partial charge in [-0.3, -0.25) is 4.98 Å². The predicted molar refractivity (Wildman–Crippen MR) is 68.0 cm³/mol. The van der Waals surface area contributed by atoms with E-state index in [-0.39, 0.29) is 6.61 Å². The number of pyridine rings is 1. The average molecular weight is 252 g/mol. The number of hydrogen-bond acceptors (Lipinski definition) is 4. The van der Waals surface area contributed by atoms with Gasteiger partial charge in [-0.15, -0.1) is 0 Å². The Bertz CT molecular complexity index is 400. The number of ether oxygens (including phenoxy) is 1. The van der Waals surface area contributed by atoms with Crippen molar-refractivity contribution in [2.24, 2.45) is 0 Å². The van der Waals surface area contributed by atoms with Gasteiger partial charge in [0.15, 0.2) is 0 Å². The number of hydrogen-bond donors (Lipinski definition) is 2. The topological polar surface area (TPSA) is 71.5 Å². The van der Waals surface area contributed by atoms with E-state index in [0.717, 1.165) is 0 Å². The summed E-state index contributed by atoms with van der Waals surface area (Å²) >= 11 is 0. The molecule has 1 rings (SSSR count). The first-order valence-electron chi connectivity index (χ1n) is 5.80. The fraction of sp³-hybridized carbons (Fsp3) is 0.538. The monoisotopic (exact) mass is 252 g/mol. The van der Waals surface area contributed by atoms with Crippen LogP contribution in [0.3, 0.4) is 0 Å². The minimum atomic E-state index is -0.955. The fourth-order valence-corrected chi connectivity index (χ4v) is 1.40. The lowest BCUT2D eigenvalue weighted by Crippen LogP contribution is -2.48. The van der Waals surface area contributed by atoms with Crippen LogP contribution >= 0.6 is 0 Å². The number of aliphatic hydroxyl groups is 1. The maximum absolute atomic E-state index is 11.7. The van der Waals surface area contributed by atoms with Gasteiger partial charge in [-0.2, -0.15) is 0 Å². The van der Waals surface area contributed by atoms with E-state index in [9.17, 15) is 9.90 Å². The van der Waals surface area contributed by atoms with Gasteiger partial charge in [0.1, 0.15) is 11.1 Å². The molecule has 0 saturated heterocycles. The third-order valence-electron chi connectivity index (χ3n) is 2.32. The Labute approximate surface area is 107 Å². The van der Waals surface area contributed by atoms with Crippen LogP contribution in [0.5, 0.6) is 0 Å². The second-order valence-electron chi connectivity index (χ2n) is 5.33. The van der Waals surface area contributed by atoms with E-state index in [1.807, 2.05) is 0 Å². The summed E-state index contributed by atoms with van der Waals surface area (Å²) < 4.78 is 5.17. The summed E-state index contributed by atoms with van der Waals surface area (Å²) in [6, 6.07) is 5.31. The Hall–Kier alpha value is -1.62. The molecule has 0 aliphatic carbocycles. The van der Waals surface area contributed by atoms with Crippen LogP contribution in [-0.4, -0.2) is 28.4 Å². The van der Waals surface area contributed by atoms with Crippen LogP contribution in [0.4, 0.5) is 4.79 Å². The SMILES string of the molecule is CC(C)(C)OC(=O)NC(C)(CO)c1ccccn1. The number of aromatic nitrogens is 1. The van der Waals surface area contributed by atoms with Crippen molar-refractivity contribution in [2.45, 2.75) is 38.8 Å². The lowest BCUT2D eigenvalue weighted by atomic mass is 9.98. The van der Waals surface area contributed by atoms with Crippen LogP contribution in [0.1, 0.15) is 33.4 Å². The largest absolute Gasteiger partial charge is 0.444 e. The summed E-state index contributed by atoms with van der Waals surface area (Å²) in [5.74, 6) is 0. The molecular weight excluding hydrogens is 232 g/mol. The quantitative estimate of drug-likeness (QED) is 0.860. The number of carbonyl (C=O) groups excluding carboxylic acids is 1. The van der Waals surface area contributed by atoms with E-state index in [2.05, 4.69) is 10.3 Å². The van der Waals surface area contributed by atoms with Gasteiger partial charge in [0.2, 0.25) is 0 Å². The molecule has 0 radical (unpaired) electrons. The highest BCUT2D eigenvalue weighted by Gasteiger charge is 2.31. The number of amides is 1. The molecule has 1 amide bonds. The highest BCUT2D eigenvalue weighted by molar-refractivity contribution is 5.69. The first kappa shape index (κ1) is 14.4. The zero-order valence-electron chi connectivity index (χ0n) is 11.2. The maximum atomic E-state index is 11.7. The van der Waals surface area contributed by atoms with Crippen LogP contribution in [0.15, 0.2) is 24.4 Å². The zero-order chi connectivity index (χ0) is 13.8. The van der Waals surface area contributed by atoms with Gasteiger partial charge in [0.25, 0.3) is 0 Å². The standard InChI is InChI=1S/C13H20N2O3/c1-12(2,3)18-11(17)15-13(4,9-16)10-7-5-6-8-14-10/h5-8,16H,9H2,1-4H3,(H,15,17). The van der Waals surface area contributed by atoms with Gasteiger partial charge in [0, 0.05) is 6.20 Å². The molecule has 0 aliphatic heterocycles. The molecule has 1 atom stereocenters. The van der Waals surface area contributed by atoms with Crippen LogP contribution in [0.25, 0.3) is 0 Å². The molecule has 0 saturated carbocycles. The first-order valence-corrected chi connectivity index (χ1v) is 5.80. The van der Waals surface area contributed by atoms with Crippen LogP contribution in [0, 0.1) is 0 Å². The molecule has 0 spiro atoms. The number of nitrogens with one attached hydrogen (secondary N) is 1. The second-order valence-corrected chi connectivity index (χ2v) is 5.33. The molecule has 1 heterocycles. The summed E-state index contributed by atoms with van der Waals surface area (Å²) in [5, 5.41) is 12.1. The van der Waals surface area contributed by atoms with Gasteiger partial charge in [0.05, 0.1) is 12.3 Å². The van der Waals surface area contributed by atoms with Crippen LogP contribution in [0.2, 0.25) is 0 Å². The number of aliphatic hydroxyl groups excluding tert-OH is 1. The molecule has 1 aromatic rings. The minimum absolute atomic E-state index is 0.261. The molecular formula is C13H20N2O3. The van der Waals surface area contributed by atoms with Crippen molar-refractivity contribution in [1.29, 1.82) is 0 Å². The van der Waals surface area contributed by atoms with E-state index >= 15 is 0 Å². The van der Waals surface area contributed by atoms with E-state index in [0.29, 0.717) is 5.69 Å². The number of rotatable bonds is 3. The molecule has 100 valence electrons. The van der Waals surface area contributed by atoms with Gasteiger partial charge < -0.3 is 15.2 Å². The molecule has 5 nitrogen and oxygen atoms in total. The molecule has 18 heavy (non-hydrogen) atoms. The molecule has 1 aromatic heterocycles. The van der Waals surface area contributed by atoms with Crippen LogP contribution in [-0.2, 0) is 10.3 Å². The number of alkyl carbamates (subject to hydrolysis) is 1. The van der Waals surface area contributed by atoms with Crippen molar-refractivity contribution in [3.05, 3.63) is 30.1 Å². The van der Waals surface area contributed by atoms with Crippen molar-refractivity contribution < 1.29 is 14.6 Å². The van der Waals surface area contributed by atoms with Crippen LogP contribution < -0.4 is 5.32 Å². The van der Waals surface area contributed by atoms with E-state index in [1.165, 1.54) is 0 Å². The Balaban J connectivity index is 2.81. The van der Waals surface area contributed by atoms with Crippen molar-refractivity contribution in [3.8, 4) is 0 Å². The van der Waals surface area contributed by atoms with E-state index in [1.54, 1.807) is 52.1 Å². The highest BCUT2D eigenvalue weighted by Crippen LogP contribution is 2.18. The number of carbonyl (C=O) groups is 1. The summed E-state index contributed by atoms with van der Waals surface area (Å²) in [6.07, 6.45) is 1.03. The molecule has 0 fully saturated rings. The smallest absolute Gasteiger partial charge is 0.408 e. The van der Waals surface area contributed by atoms with E-state index < -0.39 is 17.2 Å². The summed E-state index contributed by atoms with van der Waals surface area (Å²) in [5.41, 5.74) is -0.952. The predicted octanol–water partition coefficient (Wildman–Crippen LogP) is 1.81. The molecule has 5 heteroatoms. The Morgan fingerprint density at radius 3 is 2.50 bits per heavy atom. The van der Waals surface area contributed by atoms with Gasteiger partial charge in [-0.1, -0.05) is 6.07 Å². The van der Waals surface area contributed by atoms with E-state index in [4.69, 9.17) is 4.74 Å². The number of nitrogens with zero attached hydrogens (tertiary/aromatic N) is 1. The summed E-state index contributed by atoms with van der Waals surface area (Å²) in [7, 11) is 0. The average Bonchev–Trinajstić information content (AvgIpc) is 2.27. The van der Waals surface area contributed by atoms with Crippen molar-refractivity contribution in [1.82, 2.24) is 10.3 Å². The first-order chi connectivity index (χ1) is 8.27. The third-order valence-corrected chi connectivity index (χ3v) is 2.32. The van der Waals surface area contributed by atoms with Gasteiger partial charge >= 0.3 is 6.09 Å². The summed E-state index contributed by atoms with van der Waals surface area (Å²) in [6.45, 7) is 6.78. The molecule has 2 N–H and O–H groups in total. The lowest BCUT2D eigenvalue weighted by Gasteiger charge is -2.29. The molecule has 1 unspecified atom stereocenters. The minimum Gasteiger partial charge on any atom is -0.444 e. The zero-order valence-corrected chi connectivity index (χ0v) is 11.2. The highest BCUT2D eigenvalue weighted by atomic mass is 16.6. The Morgan fingerprint density at radius 2 is 2.06 bits per heavy atom. The van der Waals surface area contributed by atoms with Crippen molar-refractivity contribution in [3.63, 3.8) is 0 Å². The fourth-order valence-electron chi connectivity index (χ4n) is 1.40. The molecule has 0 aliphatic rings. The Morgan fingerprint density at radius 1 is 1.39 bits per heavy atom. The lowest BCUT2D eigenvalue weighted by molar-refractivity contribution is 0.0407. The molecule has 0 aromatic carbocycles. The third kappa shape index (κ3) is 4.00. The Kier molecular flexibility index (Phi) is 4.29. The maximum Gasteiger partial charge on any atom is 0.408 e. The summed E-state index contributed by atoms with van der Waals surface area (Å²) in [4.78, 5) is 15.9. The van der Waals surface area contributed by atoms with Crippen molar-refractivity contribution in [2.75, 3.05) is 6.61 Å². The van der Waals surface area contributed by atoms with Gasteiger partial charge in [-0.25, -0.2) is 4.79 Å². The normalized spacial score (nSPS) is 14.7. The van der Waals surface area contributed by atoms with Gasteiger partial charge in [-0.05, 0) is 39.8 Å². The second kappa shape index (κ2) is 5.35.